The van der Waals surface area contributed by atoms with Crippen molar-refractivity contribution in [1.82, 2.24) is 0 Å². The summed E-state index contributed by atoms with van der Waals surface area (Å²) in [7, 11) is 0. The lowest BCUT2D eigenvalue weighted by atomic mass is 10.1. The Morgan fingerprint density at radius 1 is 1.29 bits per heavy atom. The number of anilines is 1. The number of non-ortho nitro benzene ring substituents is 1. The molecule has 0 aliphatic heterocycles. The molecule has 2 N–H and O–H groups in total. The van der Waals surface area contributed by atoms with E-state index < -0.39 is 16.7 Å². The topological polar surface area (TPSA) is 92.5 Å². The molecule has 0 saturated heterocycles. The quantitative estimate of drug-likeness (QED) is 0.652. The molecule has 0 saturated carbocycles. The molecule has 0 aliphatic rings. The molecule has 0 amide bonds. The van der Waals surface area contributed by atoms with Crippen molar-refractivity contribution in [2.75, 3.05) is 5.32 Å². The SMILES string of the molecule is O=C(O)c1cc(F)ccc1NCc1cccc([N+](=O)[O-])c1. The summed E-state index contributed by atoms with van der Waals surface area (Å²) in [5.41, 5.74) is 0.618. The molecular formula is C14H11FN2O4. The molecule has 2 rings (SSSR count). The minimum atomic E-state index is -1.25. The van der Waals surface area contributed by atoms with Crippen LogP contribution < -0.4 is 5.32 Å². The first-order valence-corrected chi connectivity index (χ1v) is 5.97. The predicted octanol–water partition coefficient (Wildman–Crippen LogP) is 3.04. The van der Waals surface area contributed by atoms with Crippen molar-refractivity contribution in [2.45, 2.75) is 6.54 Å². The number of nitro groups is 1. The van der Waals surface area contributed by atoms with Crippen LogP contribution >= 0.6 is 0 Å². The van der Waals surface area contributed by atoms with Gasteiger partial charge in [-0.2, -0.15) is 0 Å². The van der Waals surface area contributed by atoms with E-state index in [1.165, 1.54) is 24.3 Å². The highest BCUT2D eigenvalue weighted by molar-refractivity contribution is 5.94. The molecule has 0 aromatic heterocycles. The fourth-order valence-electron chi connectivity index (χ4n) is 1.82. The van der Waals surface area contributed by atoms with Gasteiger partial charge in [0.25, 0.3) is 5.69 Å². The predicted molar refractivity (Wildman–Crippen MR) is 73.8 cm³/mol. The summed E-state index contributed by atoms with van der Waals surface area (Å²) in [6, 6.07) is 9.33. The van der Waals surface area contributed by atoms with E-state index in [0.717, 1.165) is 12.1 Å². The summed E-state index contributed by atoms with van der Waals surface area (Å²) in [4.78, 5) is 21.2. The first-order valence-electron chi connectivity index (χ1n) is 5.97. The summed E-state index contributed by atoms with van der Waals surface area (Å²) < 4.78 is 13.0. The van der Waals surface area contributed by atoms with E-state index in [2.05, 4.69) is 5.32 Å². The van der Waals surface area contributed by atoms with Crippen molar-refractivity contribution >= 4 is 17.3 Å². The third-order valence-corrected chi connectivity index (χ3v) is 2.82. The molecule has 0 aliphatic carbocycles. The average molecular weight is 290 g/mol. The maximum absolute atomic E-state index is 13.0. The van der Waals surface area contributed by atoms with Crippen molar-refractivity contribution in [2.24, 2.45) is 0 Å². The van der Waals surface area contributed by atoms with Gasteiger partial charge in [0.05, 0.1) is 10.5 Å². The first kappa shape index (κ1) is 14.4. The number of carbonyl (C=O) groups is 1. The lowest BCUT2D eigenvalue weighted by molar-refractivity contribution is -0.384. The van der Waals surface area contributed by atoms with Gasteiger partial charge in [0.2, 0.25) is 0 Å². The third-order valence-electron chi connectivity index (χ3n) is 2.82. The van der Waals surface area contributed by atoms with Gasteiger partial charge in [0.15, 0.2) is 0 Å². The number of carboxylic acids is 1. The molecule has 6 nitrogen and oxygen atoms in total. The van der Waals surface area contributed by atoms with Crippen LogP contribution in [0.1, 0.15) is 15.9 Å². The summed E-state index contributed by atoms with van der Waals surface area (Å²) in [5.74, 6) is -1.90. The first-order chi connectivity index (χ1) is 9.97. The number of aromatic carboxylic acids is 1. The summed E-state index contributed by atoms with van der Waals surface area (Å²) in [5, 5.41) is 22.5. The van der Waals surface area contributed by atoms with Gasteiger partial charge in [-0.1, -0.05) is 12.1 Å². The Bertz CT molecular complexity index is 703. The number of hydrogen-bond donors (Lipinski definition) is 2. The van der Waals surface area contributed by atoms with Crippen LogP contribution in [-0.4, -0.2) is 16.0 Å². The van der Waals surface area contributed by atoms with Gasteiger partial charge in [-0.15, -0.1) is 0 Å². The maximum atomic E-state index is 13.0. The zero-order chi connectivity index (χ0) is 15.4. The normalized spacial score (nSPS) is 10.1. The zero-order valence-corrected chi connectivity index (χ0v) is 10.7. The molecule has 108 valence electrons. The Morgan fingerprint density at radius 3 is 2.71 bits per heavy atom. The van der Waals surface area contributed by atoms with E-state index in [0.29, 0.717) is 5.56 Å². The minimum Gasteiger partial charge on any atom is -0.478 e. The molecule has 2 aromatic rings. The molecule has 0 heterocycles. The molecule has 0 radical (unpaired) electrons. The maximum Gasteiger partial charge on any atom is 0.337 e. The third kappa shape index (κ3) is 3.53. The smallest absolute Gasteiger partial charge is 0.337 e. The number of carboxylic acid groups (broad SMARTS) is 1. The zero-order valence-electron chi connectivity index (χ0n) is 10.7. The summed E-state index contributed by atoms with van der Waals surface area (Å²) >= 11 is 0. The van der Waals surface area contributed by atoms with E-state index in [1.54, 1.807) is 6.07 Å². The Kier molecular flexibility index (Phi) is 4.13. The van der Waals surface area contributed by atoms with Crippen molar-refractivity contribution in [1.29, 1.82) is 0 Å². The highest BCUT2D eigenvalue weighted by Gasteiger charge is 2.11. The molecule has 2 aromatic carbocycles. The van der Waals surface area contributed by atoms with Crippen molar-refractivity contribution < 1.29 is 19.2 Å². The number of hydrogen-bond acceptors (Lipinski definition) is 4. The van der Waals surface area contributed by atoms with Gasteiger partial charge in [0, 0.05) is 24.4 Å². The van der Waals surface area contributed by atoms with E-state index in [9.17, 15) is 19.3 Å². The fourth-order valence-corrected chi connectivity index (χ4v) is 1.82. The largest absolute Gasteiger partial charge is 0.478 e. The second-order valence-electron chi connectivity index (χ2n) is 4.28. The number of nitrogens with zero attached hydrogens (tertiary/aromatic N) is 1. The number of nitro benzene ring substituents is 1. The van der Waals surface area contributed by atoms with Crippen molar-refractivity contribution in [3.63, 3.8) is 0 Å². The van der Waals surface area contributed by atoms with Gasteiger partial charge in [-0.3, -0.25) is 10.1 Å². The highest BCUT2D eigenvalue weighted by Crippen LogP contribution is 2.19. The van der Waals surface area contributed by atoms with Crippen molar-refractivity contribution in [3.8, 4) is 0 Å². The Labute approximate surface area is 119 Å². The second kappa shape index (κ2) is 6.00. The minimum absolute atomic E-state index is 0.0492. The Morgan fingerprint density at radius 2 is 2.05 bits per heavy atom. The molecule has 0 fully saturated rings. The van der Waals surface area contributed by atoms with Gasteiger partial charge >= 0.3 is 5.97 Å². The second-order valence-corrected chi connectivity index (χ2v) is 4.28. The van der Waals surface area contributed by atoms with Crippen LogP contribution in [0.15, 0.2) is 42.5 Å². The lowest BCUT2D eigenvalue weighted by Crippen LogP contribution is -2.07. The Hall–Kier alpha value is -2.96. The van der Waals surface area contributed by atoms with Gasteiger partial charge in [0.1, 0.15) is 5.82 Å². The fraction of sp³-hybridized carbons (Fsp3) is 0.0714. The van der Waals surface area contributed by atoms with Crippen LogP contribution in [0.5, 0.6) is 0 Å². The molecule has 0 atom stereocenters. The van der Waals surface area contributed by atoms with E-state index in [4.69, 9.17) is 5.11 Å². The summed E-state index contributed by atoms with van der Waals surface area (Å²) in [6.07, 6.45) is 0. The summed E-state index contributed by atoms with van der Waals surface area (Å²) in [6.45, 7) is 0.188. The number of benzene rings is 2. The lowest BCUT2D eigenvalue weighted by Gasteiger charge is -2.09. The van der Waals surface area contributed by atoms with E-state index in [-0.39, 0.29) is 23.5 Å². The van der Waals surface area contributed by atoms with Crippen molar-refractivity contribution in [3.05, 3.63) is 69.5 Å². The molecule has 0 spiro atoms. The molecule has 0 bridgehead atoms. The monoisotopic (exact) mass is 290 g/mol. The van der Waals surface area contributed by atoms with E-state index in [1.807, 2.05) is 0 Å². The van der Waals surface area contributed by atoms with Gasteiger partial charge in [-0.05, 0) is 23.8 Å². The van der Waals surface area contributed by atoms with Crippen LogP contribution in [0.25, 0.3) is 0 Å². The molecular weight excluding hydrogens is 279 g/mol. The van der Waals surface area contributed by atoms with Crippen LogP contribution in [0.2, 0.25) is 0 Å². The average Bonchev–Trinajstić information content (AvgIpc) is 2.46. The van der Waals surface area contributed by atoms with Gasteiger partial charge < -0.3 is 10.4 Å². The van der Waals surface area contributed by atoms with E-state index >= 15 is 0 Å². The highest BCUT2D eigenvalue weighted by atomic mass is 19.1. The molecule has 21 heavy (non-hydrogen) atoms. The van der Waals surface area contributed by atoms with Crippen LogP contribution in [0, 0.1) is 15.9 Å². The molecule has 0 unspecified atom stereocenters. The number of nitrogens with one attached hydrogen (secondary N) is 1. The van der Waals surface area contributed by atoms with Crippen LogP contribution in [-0.2, 0) is 6.54 Å². The van der Waals surface area contributed by atoms with Crippen LogP contribution in [0.3, 0.4) is 0 Å². The molecule has 7 heteroatoms. The van der Waals surface area contributed by atoms with Gasteiger partial charge in [-0.25, -0.2) is 9.18 Å². The number of halogens is 1. The Balaban J connectivity index is 2.18. The number of rotatable bonds is 5. The van der Waals surface area contributed by atoms with Crippen LogP contribution in [0.4, 0.5) is 15.8 Å². The standard InChI is InChI=1S/C14H11FN2O4/c15-10-4-5-13(12(7-10)14(18)19)16-8-9-2-1-3-11(6-9)17(20)21/h1-7,16H,8H2,(H,18,19).